The first-order valence-corrected chi connectivity index (χ1v) is 5.93. The second-order valence-electron chi connectivity index (χ2n) is 4.51. The van der Waals surface area contributed by atoms with E-state index in [9.17, 15) is 9.90 Å². The maximum absolute atomic E-state index is 12.0. The Hall–Kier alpha value is -1.55. The fourth-order valence-corrected chi connectivity index (χ4v) is 2.11. The van der Waals surface area contributed by atoms with Gasteiger partial charge < -0.3 is 15.3 Å². The minimum absolute atomic E-state index is 0.0166. The highest BCUT2D eigenvalue weighted by atomic mass is 16.3. The molecule has 1 amide bonds. The molecule has 0 bridgehead atoms. The number of hydrogen-bond acceptors (Lipinski definition) is 3. The first-order chi connectivity index (χ1) is 8.16. The van der Waals surface area contributed by atoms with E-state index in [0.717, 1.165) is 24.9 Å². The highest BCUT2D eigenvalue weighted by Crippen LogP contribution is 2.13. The van der Waals surface area contributed by atoms with Crippen LogP contribution in [0.15, 0.2) is 24.3 Å². The summed E-state index contributed by atoms with van der Waals surface area (Å²) in [5.74, 6) is 0.399. The molecule has 1 saturated heterocycles. The zero-order valence-corrected chi connectivity index (χ0v) is 10.0. The van der Waals surface area contributed by atoms with Crippen molar-refractivity contribution in [2.75, 3.05) is 13.6 Å². The highest BCUT2D eigenvalue weighted by molar-refractivity contribution is 5.81. The Labute approximate surface area is 101 Å². The molecule has 2 rings (SSSR count). The Morgan fingerprint density at radius 3 is 2.76 bits per heavy atom. The van der Waals surface area contributed by atoms with Gasteiger partial charge in [0.1, 0.15) is 5.75 Å². The van der Waals surface area contributed by atoms with Crippen LogP contribution in [0.1, 0.15) is 18.4 Å². The molecule has 1 aliphatic heterocycles. The van der Waals surface area contributed by atoms with Crippen LogP contribution in [0.3, 0.4) is 0 Å². The number of benzene rings is 1. The third kappa shape index (κ3) is 2.97. The van der Waals surface area contributed by atoms with E-state index in [0.29, 0.717) is 6.54 Å². The molecule has 0 aromatic heterocycles. The summed E-state index contributed by atoms with van der Waals surface area (Å²) in [5, 5.41) is 12.4. The second kappa shape index (κ2) is 5.19. The van der Waals surface area contributed by atoms with Gasteiger partial charge in [-0.05, 0) is 37.1 Å². The average molecular weight is 234 g/mol. The van der Waals surface area contributed by atoms with Gasteiger partial charge in [0.25, 0.3) is 0 Å². The molecule has 1 unspecified atom stereocenters. The number of hydrogen-bond donors (Lipinski definition) is 2. The van der Waals surface area contributed by atoms with Crippen LogP contribution >= 0.6 is 0 Å². The van der Waals surface area contributed by atoms with Gasteiger partial charge in [0.15, 0.2) is 0 Å². The molecule has 1 atom stereocenters. The number of rotatable bonds is 3. The molecular formula is C13H18N2O2. The van der Waals surface area contributed by atoms with Crippen molar-refractivity contribution in [3.63, 3.8) is 0 Å². The Morgan fingerprint density at radius 2 is 2.18 bits per heavy atom. The lowest BCUT2D eigenvalue weighted by molar-refractivity contribution is -0.132. The minimum atomic E-state index is -0.0166. The van der Waals surface area contributed by atoms with Crippen molar-refractivity contribution in [2.24, 2.45) is 0 Å². The second-order valence-corrected chi connectivity index (χ2v) is 4.51. The topological polar surface area (TPSA) is 52.6 Å². The lowest BCUT2D eigenvalue weighted by Crippen LogP contribution is -2.41. The minimum Gasteiger partial charge on any atom is -0.508 e. The van der Waals surface area contributed by atoms with Gasteiger partial charge in [0, 0.05) is 13.6 Å². The van der Waals surface area contributed by atoms with Crippen molar-refractivity contribution < 1.29 is 9.90 Å². The van der Waals surface area contributed by atoms with E-state index >= 15 is 0 Å². The zero-order valence-electron chi connectivity index (χ0n) is 10.0. The van der Waals surface area contributed by atoms with E-state index in [1.807, 2.05) is 19.2 Å². The lowest BCUT2D eigenvalue weighted by atomic mass is 10.1. The predicted molar refractivity (Wildman–Crippen MR) is 65.6 cm³/mol. The Kier molecular flexibility index (Phi) is 3.64. The Bertz CT molecular complexity index is 383. The highest BCUT2D eigenvalue weighted by Gasteiger charge is 2.24. The van der Waals surface area contributed by atoms with Gasteiger partial charge >= 0.3 is 0 Å². The van der Waals surface area contributed by atoms with Gasteiger partial charge in [-0.2, -0.15) is 0 Å². The first kappa shape index (κ1) is 11.9. The predicted octanol–water partition coefficient (Wildman–Crippen LogP) is 1.10. The number of amides is 1. The molecule has 4 nitrogen and oxygen atoms in total. The maximum atomic E-state index is 12.0. The van der Waals surface area contributed by atoms with Crippen molar-refractivity contribution in [3.8, 4) is 5.75 Å². The van der Waals surface area contributed by atoms with Crippen molar-refractivity contribution in [1.82, 2.24) is 10.2 Å². The fraction of sp³-hybridized carbons (Fsp3) is 0.462. The summed E-state index contributed by atoms with van der Waals surface area (Å²) in [7, 11) is 1.81. The van der Waals surface area contributed by atoms with E-state index in [-0.39, 0.29) is 17.7 Å². The van der Waals surface area contributed by atoms with E-state index in [4.69, 9.17) is 0 Å². The molecule has 1 fully saturated rings. The van der Waals surface area contributed by atoms with Crippen LogP contribution in [0, 0.1) is 0 Å². The van der Waals surface area contributed by atoms with E-state index < -0.39 is 0 Å². The van der Waals surface area contributed by atoms with Gasteiger partial charge in [0.05, 0.1) is 6.04 Å². The standard InChI is InChI=1S/C13H18N2O2/c1-15(13(17)12-3-2-8-14-12)9-10-4-6-11(16)7-5-10/h4-7,12,14,16H,2-3,8-9H2,1H3. The molecule has 0 saturated carbocycles. The Balaban J connectivity index is 1.93. The SMILES string of the molecule is CN(Cc1ccc(O)cc1)C(=O)C1CCCN1. The number of aromatic hydroxyl groups is 1. The van der Waals surface area contributed by atoms with Gasteiger partial charge in [0.2, 0.25) is 5.91 Å². The molecular weight excluding hydrogens is 216 g/mol. The number of phenols is 1. The summed E-state index contributed by atoms with van der Waals surface area (Å²) in [4.78, 5) is 13.8. The number of nitrogens with one attached hydrogen (secondary N) is 1. The monoisotopic (exact) mass is 234 g/mol. The quantitative estimate of drug-likeness (QED) is 0.823. The first-order valence-electron chi connectivity index (χ1n) is 5.93. The van der Waals surface area contributed by atoms with Crippen LogP contribution in [-0.2, 0) is 11.3 Å². The molecule has 17 heavy (non-hydrogen) atoms. The molecule has 0 aliphatic carbocycles. The third-order valence-electron chi connectivity index (χ3n) is 3.09. The van der Waals surface area contributed by atoms with Gasteiger partial charge in [-0.25, -0.2) is 0 Å². The molecule has 1 aromatic rings. The van der Waals surface area contributed by atoms with Crippen LogP contribution in [0.2, 0.25) is 0 Å². The van der Waals surface area contributed by atoms with Crippen molar-refractivity contribution in [1.29, 1.82) is 0 Å². The number of likely N-dealkylation sites (N-methyl/N-ethyl adjacent to an activating group) is 1. The lowest BCUT2D eigenvalue weighted by Gasteiger charge is -2.21. The molecule has 4 heteroatoms. The smallest absolute Gasteiger partial charge is 0.239 e. The normalized spacial score (nSPS) is 19.2. The average Bonchev–Trinajstić information content (AvgIpc) is 2.84. The molecule has 2 N–H and O–H groups in total. The number of carbonyl (C=O) groups excluding carboxylic acids is 1. The number of nitrogens with zero attached hydrogens (tertiary/aromatic N) is 1. The Morgan fingerprint density at radius 1 is 1.47 bits per heavy atom. The van der Waals surface area contributed by atoms with E-state index in [1.54, 1.807) is 17.0 Å². The van der Waals surface area contributed by atoms with Crippen LogP contribution < -0.4 is 5.32 Å². The summed E-state index contributed by atoms with van der Waals surface area (Å²) in [6, 6.07) is 6.93. The summed E-state index contributed by atoms with van der Waals surface area (Å²) in [5.41, 5.74) is 1.02. The third-order valence-corrected chi connectivity index (χ3v) is 3.09. The van der Waals surface area contributed by atoms with E-state index in [2.05, 4.69) is 5.32 Å². The molecule has 1 aliphatic rings. The van der Waals surface area contributed by atoms with E-state index in [1.165, 1.54) is 0 Å². The van der Waals surface area contributed by atoms with Crippen molar-refractivity contribution >= 4 is 5.91 Å². The summed E-state index contributed by atoms with van der Waals surface area (Å²) < 4.78 is 0. The molecule has 1 heterocycles. The maximum Gasteiger partial charge on any atom is 0.239 e. The van der Waals surface area contributed by atoms with Gasteiger partial charge in [-0.15, -0.1) is 0 Å². The molecule has 92 valence electrons. The molecule has 1 aromatic carbocycles. The van der Waals surface area contributed by atoms with Crippen LogP contribution in [0.5, 0.6) is 5.75 Å². The number of phenolic OH excluding ortho intramolecular Hbond substituents is 1. The van der Waals surface area contributed by atoms with Crippen LogP contribution in [0.25, 0.3) is 0 Å². The summed E-state index contributed by atoms with van der Waals surface area (Å²) >= 11 is 0. The molecule has 0 spiro atoms. The fourth-order valence-electron chi connectivity index (χ4n) is 2.11. The van der Waals surface area contributed by atoms with Gasteiger partial charge in [-0.3, -0.25) is 4.79 Å². The largest absolute Gasteiger partial charge is 0.508 e. The van der Waals surface area contributed by atoms with Crippen LogP contribution in [-0.4, -0.2) is 35.5 Å². The van der Waals surface area contributed by atoms with Gasteiger partial charge in [-0.1, -0.05) is 12.1 Å². The number of carbonyl (C=O) groups is 1. The molecule has 0 radical (unpaired) electrons. The van der Waals surface area contributed by atoms with Crippen molar-refractivity contribution in [3.05, 3.63) is 29.8 Å². The summed E-state index contributed by atoms with van der Waals surface area (Å²) in [6.45, 7) is 1.51. The van der Waals surface area contributed by atoms with Crippen molar-refractivity contribution in [2.45, 2.75) is 25.4 Å². The van der Waals surface area contributed by atoms with Crippen LogP contribution in [0.4, 0.5) is 0 Å². The summed E-state index contributed by atoms with van der Waals surface area (Å²) in [6.07, 6.45) is 2.00. The zero-order chi connectivity index (χ0) is 12.3.